The SMILES string of the molecule is Cc1cccc(C(=O)Nc2cc(C(C)(C)C)nn2Cc2ccccc2)c1[N+](=O)[O-]. The van der Waals surface area contributed by atoms with Gasteiger partial charge >= 0.3 is 0 Å². The highest BCUT2D eigenvalue weighted by molar-refractivity contribution is 6.07. The maximum Gasteiger partial charge on any atom is 0.285 e. The predicted molar refractivity (Wildman–Crippen MR) is 112 cm³/mol. The molecule has 0 aliphatic heterocycles. The van der Waals surface area contributed by atoms with Crippen LogP contribution in [0.25, 0.3) is 0 Å². The first-order valence-corrected chi connectivity index (χ1v) is 9.34. The van der Waals surface area contributed by atoms with E-state index in [4.69, 9.17) is 0 Å². The molecule has 0 saturated carbocycles. The lowest BCUT2D eigenvalue weighted by molar-refractivity contribution is -0.385. The third-order valence-corrected chi connectivity index (χ3v) is 4.63. The maximum atomic E-state index is 12.9. The molecular weight excluding hydrogens is 368 g/mol. The van der Waals surface area contributed by atoms with Crippen molar-refractivity contribution in [1.29, 1.82) is 0 Å². The van der Waals surface area contributed by atoms with Crippen LogP contribution in [-0.2, 0) is 12.0 Å². The molecule has 0 aliphatic carbocycles. The number of nitro groups is 1. The van der Waals surface area contributed by atoms with Crippen molar-refractivity contribution < 1.29 is 9.72 Å². The van der Waals surface area contributed by atoms with Crippen LogP contribution in [0.1, 0.15) is 48.0 Å². The normalized spacial score (nSPS) is 11.3. The van der Waals surface area contributed by atoms with Gasteiger partial charge in [-0.2, -0.15) is 5.10 Å². The van der Waals surface area contributed by atoms with Gasteiger partial charge in [-0.1, -0.05) is 63.2 Å². The second-order valence-corrected chi connectivity index (χ2v) is 7.99. The molecule has 0 radical (unpaired) electrons. The van der Waals surface area contributed by atoms with Crippen LogP contribution in [0.15, 0.2) is 54.6 Å². The Bertz CT molecular complexity index is 1050. The molecule has 0 atom stereocenters. The number of aryl methyl sites for hydroxylation is 1. The van der Waals surface area contributed by atoms with Crippen LogP contribution >= 0.6 is 0 Å². The number of carbonyl (C=O) groups excluding carboxylic acids is 1. The summed E-state index contributed by atoms with van der Waals surface area (Å²) >= 11 is 0. The molecule has 1 aromatic heterocycles. The number of hydrogen-bond donors (Lipinski definition) is 1. The Hall–Kier alpha value is -3.48. The summed E-state index contributed by atoms with van der Waals surface area (Å²) in [5.41, 5.74) is 1.93. The van der Waals surface area contributed by atoms with E-state index in [1.54, 1.807) is 23.7 Å². The highest BCUT2D eigenvalue weighted by Crippen LogP contribution is 2.27. The maximum absolute atomic E-state index is 12.9. The Labute approximate surface area is 169 Å². The average molecular weight is 392 g/mol. The molecule has 7 nitrogen and oxygen atoms in total. The summed E-state index contributed by atoms with van der Waals surface area (Å²) in [5, 5.41) is 18.9. The molecule has 7 heteroatoms. The Kier molecular flexibility index (Phi) is 5.50. The van der Waals surface area contributed by atoms with Crippen molar-refractivity contribution in [3.63, 3.8) is 0 Å². The summed E-state index contributed by atoms with van der Waals surface area (Å²) < 4.78 is 1.72. The minimum atomic E-state index is -0.532. The summed E-state index contributed by atoms with van der Waals surface area (Å²) in [6.07, 6.45) is 0. The third-order valence-electron chi connectivity index (χ3n) is 4.63. The number of nitrogens with one attached hydrogen (secondary N) is 1. The fraction of sp³-hybridized carbons (Fsp3) is 0.273. The van der Waals surface area contributed by atoms with E-state index in [-0.39, 0.29) is 16.7 Å². The van der Waals surface area contributed by atoms with Gasteiger partial charge in [0.1, 0.15) is 11.4 Å². The molecule has 3 rings (SSSR count). The minimum Gasteiger partial charge on any atom is -0.307 e. The monoisotopic (exact) mass is 392 g/mol. The summed E-state index contributed by atoms with van der Waals surface area (Å²) in [6, 6.07) is 16.3. The third kappa shape index (κ3) is 4.51. The van der Waals surface area contributed by atoms with Crippen LogP contribution < -0.4 is 5.32 Å². The molecular formula is C22H24N4O3. The predicted octanol–water partition coefficient (Wildman–Crippen LogP) is 4.70. The molecule has 0 unspecified atom stereocenters. The Balaban J connectivity index is 1.98. The van der Waals surface area contributed by atoms with Crippen molar-refractivity contribution in [3.05, 3.63) is 87.1 Å². The molecule has 1 amide bonds. The van der Waals surface area contributed by atoms with Gasteiger partial charge in [0.05, 0.1) is 17.2 Å². The van der Waals surface area contributed by atoms with Gasteiger partial charge in [0.15, 0.2) is 0 Å². The van der Waals surface area contributed by atoms with E-state index in [1.807, 2.05) is 57.2 Å². The molecule has 0 saturated heterocycles. The summed E-state index contributed by atoms with van der Waals surface area (Å²) in [5.74, 6) is -0.0327. The van der Waals surface area contributed by atoms with Crippen LogP contribution in [0.4, 0.5) is 11.5 Å². The molecule has 29 heavy (non-hydrogen) atoms. The van der Waals surface area contributed by atoms with Gasteiger partial charge in [-0.3, -0.25) is 14.9 Å². The van der Waals surface area contributed by atoms with Crippen molar-refractivity contribution in [2.45, 2.75) is 39.7 Å². The lowest BCUT2D eigenvalue weighted by Crippen LogP contribution is -2.18. The van der Waals surface area contributed by atoms with Gasteiger partial charge in [-0.15, -0.1) is 0 Å². The average Bonchev–Trinajstić information content (AvgIpc) is 3.04. The van der Waals surface area contributed by atoms with Crippen LogP contribution in [0.2, 0.25) is 0 Å². The summed E-state index contributed by atoms with van der Waals surface area (Å²) in [6.45, 7) is 8.21. The van der Waals surface area contributed by atoms with Crippen molar-refractivity contribution in [3.8, 4) is 0 Å². The standard InChI is InChI=1S/C22H24N4O3/c1-15-9-8-12-17(20(15)26(28)29)21(27)23-19-13-18(22(2,3)4)24-25(19)14-16-10-6-5-7-11-16/h5-13H,14H2,1-4H3,(H,23,27). The lowest BCUT2D eigenvalue weighted by Gasteiger charge is -2.14. The molecule has 1 heterocycles. The van der Waals surface area contributed by atoms with Crippen LogP contribution in [0.5, 0.6) is 0 Å². The fourth-order valence-electron chi connectivity index (χ4n) is 3.03. The number of anilines is 1. The molecule has 0 spiro atoms. The molecule has 0 aliphatic rings. The van der Waals surface area contributed by atoms with E-state index in [0.717, 1.165) is 11.3 Å². The lowest BCUT2D eigenvalue weighted by atomic mass is 9.92. The molecule has 3 aromatic rings. The van der Waals surface area contributed by atoms with Gasteiger partial charge in [-0.25, -0.2) is 4.68 Å². The number of amides is 1. The molecule has 0 bridgehead atoms. The summed E-state index contributed by atoms with van der Waals surface area (Å²) in [4.78, 5) is 23.8. The largest absolute Gasteiger partial charge is 0.307 e. The number of nitro benzene ring substituents is 1. The van der Waals surface area contributed by atoms with E-state index < -0.39 is 10.8 Å². The van der Waals surface area contributed by atoms with E-state index in [0.29, 0.717) is 17.9 Å². The van der Waals surface area contributed by atoms with E-state index in [2.05, 4.69) is 10.4 Å². The van der Waals surface area contributed by atoms with Crippen LogP contribution in [0.3, 0.4) is 0 Å². The van der Waals surface area contributed by atoms with E-state index in [1.165, 1.54) is 6.07 Å². The first-order chi connectivity index (χ1) is 13.7. The number of rotatable bonds is 5. The second kappa shape index (κ2) is 7.87. The smallest absolute Gasteiger partial charge is 0.285 e. The van der Waals surface area contributed by atoms with Gasteiger partial charge in [0.25, 0.3) is 11.6 Å². The first kappa shape index (κ1) is 20.3. The number of hydrogen-bond acceptors (Lipinski definition) is 4. The first-order valence-electron chi connectivity index (χ1n) is 9.34. The van der Waals surface area contributed by atoms with Crippen molar-refractivity contribution >= 4 is 17.4 Å². The van der Waals surface area contributed by atoms with Gasteiger partial charge in [-0.05, 0) is 18.6 Å². The number of para-hydroxylation sites is 1. The molecule has 150 valence electrons. The molecule has 0 fully saturated rings. The van der Waals surface area contributed by atoms with Gasteiger partial charge in [0, 0.05) is 17.0 Å². The molecule has 2 aromatic carbocycles. The van der Waals surface area contributed by atoms with Crippen LogP contribution in [-0.4, -0.2) is 20.6 Å². The minimum absolute atomic E-state index is 0.0276. The topological polar surface area (TPSA) is 90.1 Å². The zero-order valence-corrected chi connectivity index (χ0v) is 17.0. The molecule has 1 N–H and O–H groups in total. The van der Waals surface area contributed by atoms with Crippen LogP contribution in [0, 0.1) is 17.0 Å². The highest BCUT2D eigenvalue weighted by Gasteiger charge is 2.25. The fourth-order valence-corrected chi connectivity index (χ4v) is 3.03. The second-order valence-electron chi connectivity index (χ2n) is 7.99. The van der Waals surface area contributed by atoms with Crippen molar-refractivity contribution in [2.24, 2.45) is 0 Å². The van der Waals surface area contributed by atoms with Crippen molar-refractivity contribution in [1.82, 2.24) is 9.78 Å². The number of carbonyl (C=O) groups is 1. The number of aromatic nitrogens is 2. The number of benzene rings is 2. The highest BCUT2D eigenvalue weighted by atomic mass is 16.6. The van der Waals surface area contributed by atoms with Crippen molar-refractivity contribution in [2.75, 3.05) is 5.32 Å². The summed E-state index contributed by atoms with van der Waals surface area (Å²) in [7, 11) is 0. The quantitative estimate of drug-likeness (QED) is 0.503. The van der Waals surface area contributed by atoms with E-state index in [9.17, 15) is 14.9 Å². The van der Waals surface area contributed by atoms with Gasteiger partial charge in [0.2, 0.25) is 0 Å². The number of nitrogens with zero attached hydrogens (tertiary/aromatic N) is 3. The van der Waals surface area contributed by atoms with Gasteiger partial charge < -0.3 is 5.32 Å². The Morgan fingerprint density at radius 2 is 1.83 bits per heavy atom. The zero-order valence-electron chi connectivity index (χ0n) is 17.0. The Morgan fingerprint density at radius 1 is 1.14 bits per heavy atom. The zero-order chi connectivity index (χ0) is 21.2. The Morgan fingerprint density at radius 3 is 2.45 bits per heavy atom. The van der Waals surface area contributed by atoms with E-state index >= 15 is 0 Å².